The van der Waals surface area contributed by atoms with E-state index < -0.39 is 11.8 Å². The van der Waals surface area contributed by atoms with Crippen molar-refractivity contribution in [3.8, 4) is 0 Å². The number of ether oxygens (including phenoxy) is 2. The van der Waals surface area contributed by atoms with Crippen LogP contribution in [0, 0.1) is 0 Å². The molecule has 1 aromatic carbocycles. The Labute approximate surface area is 123 Å². The maximum absolute atomic E-state index is 11.3. The molecule has 0 atom stereocenters. The van der Waals surface area contributed by atoms with Gasteiger partial charge in [0.1, 0.15) is 0 Å². The number of carbonyl (C=O) groups is 1. The van der Waals surface area contributed by atoms with Crippen LogP contribution in [0.3, 0.4) is 0 Å². The number of hydrogen-bond acceptors (Lipinski definition) is 5. The van der Waals surface area contributed by atoms with Crippen molar-refractivity contribution in [3.63, 3.8) is 0 Å². The van der Waals surface area contributed by atoms with Gasteiger partial charge in [0.25, 0.3) is 0 Å². The van der Waals surface area contributed by atoms with E-state index in [2.05, 4.69) is 4.90 Å². The van der Waals surface area contributed by atoms with Crippen molar-refractivity contribution in [1.82, 2.24) is 4.90 Å². The lowest BCUT2D eigenvalue weighted by Gasteiger charge is -2.37. The summed E-state index contributed by atoms with van der Waals surface area (Å²) >= 11 is 0. The molecule has 0 aromatic heterocycles. The largest absolute Gasteiger partial charge is 0.478 e. The van der Waals surface area contributed by atoms with Gasteiger partial charge in [-0.3, -0.25) is 4.90 Å². The highest BCUT2D eigenvalue weighted by Gasteiger charge is 2.39. The molecule has 114 valence electrons. The second-order valence-corrected chi connectivity index (χ2v) is 5.57. The second kappa shape index (κ2) is 5.63. The number of carboxylic acids is 1. The number of rotatable bonds is 3. The molecule has 0 radical (unpaired) electrons. The lowest BCUT2D eigenvalue weighted by molar-refractivity contribution is -0.185. The summed E-state index contributed by atoms with van der Waals surface area (Å²) < 4.78 is 11.4. The summed E-state index contributed by atoms with van der Waals surface area (Å²) in [6, 6.07) is 5.25. The van der Waals surface area contributed by atoms with Gasteiger partial charge >= 0.3 is 5.97 Å². The van der Waals surface area contributed by atoms with Crippen molar-refractivity contribution < 1.29 is 19.4 Å². The van der Waals surface area contributed by atoms with Gasteiger partial charge in [-0.1, -0.05) is 12.1 Å². The van der Waals surface area contributed by atoms with Crippen LogP contribution in [0.1, 0.15) is 28.8 Å². The molecule has 0 aliphatic carbocycles. The summed E-state index contributed by atoms with van der Waals surface area (Å²) in [6.45, 7) is 3.57. The Morgan fingerprint density at radius 2 is 1.95 bits per heavy atom. The van der Waals surface area contributed by atoms with E-state index in [1.165, 1.54) is 0 Å². The maximum atomic E-state index is 11.3. The minimum atomic E-state index is -0.973. The predicted octanol–water partition coefficient (Wildman–Crippen LogP) is 1.31. The van der Waals surface area contributed by atoms with E-state index >= 15 is 0 Å². The second-order valence-electron chi connectivity index (χ2n) is 5.57. The van der Waals surface area contributed by atoms with E-state index in [0.717, 1.165) is 31.5 Å². The third-order valence-corrected chi connectivity index (χ3v) is 4.22. The first-order chi connectivity index (χ1) is 10.1. The number of benzene rings is 1. The molecule has 2 saturated heterocycles. The van der Waals surface area contributed by atoms with Crippen LogP contribution in [0.4, 0.5) is 5.69 Å². The monoisotopic (exact) mass is 292 g/mol. The topological polar surface area (TPSA) is 85.0 Å². The van der Waals surface area contributed by atoms with Crippen LogP contribution in [0.25, 0.3) is 0 Å². The third-order valence-electron chi connectivity index (χ3n) is 4.22. The quantitative estimate of drug-likeness (QED) is 0.817. The van der Waals surface area contributed by atoms with Crippen molar-refractivity contribution in [1.29, 1.82) is 0 Å². The lowest BCUT2D eigenvalue weighted by Crippen LogP contribution is -2.44. The van der Waals surface area contributed by atoms with Crippen molar-refractivity contribution in [3.05, 3.63) is 29.3 Å². The van der Waals surface area contributed by atoms with Crippen molar-refractivity contribution in [2.75, 3.05) is 32.0 Å². The summed E-state index contributed by atoms with van der Waals surface area (Å²) in [5.74, 6) is -1.37. The Morgan fingerprint density at radius 1 is 1.29 bits per heavy atom. The first-order valence-corrected chi connectivity index (χ1v) is 7.21. The molecule has 3 N–H and O–H groups in total. The summed E-state index contributed by atoms with van der Waals surface area (Å²) in [6.07, 6.45) is 1.63. The third kappa shape index (κ3) is 2.88. The van der Waals surface area contributed by atoms with Crippen molar-refractivity contribution in [2.24, 2.45) is 0 Å². The van der Waals surface area contributed by atoms with E-state index in [4.69, 9.17) is 15.2 Å². The molecule has 2 heterocycles. The number of likely N-dealkylation sites (tertiary alicyclic amines) is 1. The summed E-state index contributed by atoms with van der Waals surface area (Å²) in [5, 5.41) is 9.30. The Hall–Kier alpha value is -1.63. The molecule has 2 fully saturated rings. The minimum Gasteiger partial charge on any atom is -0.478 e. The molecule has 2 aliphatic heterocycles. The number of nitrogens with two attached hydrogens (primary N) is 1. The van der Waals surface area contributed by atoms with Crippen LogP contribution in [0.2, 0.25) is 0 Å². The number of aromatic carboxylic acids is 1. The number of nitrogens with zero attached hydrogens (tertiary/aromatic N) is 1. The lowest BCUT2D eigenvalue weighted by atomic mass is 10.0. The fourth-order valence-electron chi connectivity index (χ4n) is 3.09. The highest BCUT2D eigenvalue weighted by Crippen LogP contribution is 2.32. The molecular weight excluding hydrogens is 272 g/mol. The molecule has 0 unspecified atom stereocenters. The van der Waals surface area contributed by atoms with Crippen LogP contribution < -0.4 is 5.73 Å². The number of hydrogen-bond donors (Lipinski definition) is 2. The van der Waals surface area contributed by atoms with Gasteiger partial charge in [-0.25, -0.2) is 4.79 Å². The van der Waals surface area contributed by atoms with Gasteiger partial charge in [0.15, 0.2) is 5.79 Å². The van der Waals surface area contributed by atoms with Crippen molar-refractivity contribution in [2.45, 2.75) is 25.2 Å². The van der Waals surface area contributed by atoms with Gasteiger partial charge in [0, 0.05) is 38.2 Å². The average Bonchev–Trinajstić information content (AvgIpc) is 2.90. The first-order valence-electron chi connectivity index (χ1n) is 7.21. The van der Waals surface area contributed by atoms with E-state index in [9.17, 15) is 9.90 Å². The number of carboxylic acid groups (broad SMARTS) is 1. The first kappa shape index (κ1) is 14.3. The zero-order valence-electron chi connectivity index (χ0n) is 11.9. The molecule has 6 nitrogen and oxygen atoms in total. The summed E-state index contributed by atoms with van der Waals surface area (Å²) in [5.41, 5.74) is 7.07. The van der Waals surface area contributed by atoms with Crippen LogP contribution in [-0.4, -0.2) is 48.1 Å². The molecule has 3 rings (SSSR count). The van der Waals surface area contributed by atoms with Crippen molar-refractivity contribution >= 4 is 11.7 Å². The molecule has 2 aliphatic rings. The van der Waals surface area contributed by atoms with Crippen LogP contribution in [-0.2, 0) is 16.0 Å². The molecule has 21 heavy (non-hydrogen) atoms. The molecule has 1 spiro atoms. The molecule has 0 amide bonds. The van der Waals surface area contributed by atoms with Gasteiger partial charge in [0.2, 0.25) is 0 Å². The van der Waals surface area contributed by atoms with E-state index in [1.54, 1.807) is 12.1 Å². The summed E-state index contributed by atoms with van der Waals surface area (Å²) in [7, 11) is 0. The van der Waals surface area contributed by atoms with E-state index in [0.29, 0.717) is 25.4 Å². The highest BCUT2D eigenvalue weighted by molar-refractivity contribution is 5.95. The fourth-order valence-corrected chi connectivity index (χ4v) is 3.09. The maximum Gasteiger partial charge on any atom is 0.338 e. The zero-order valence-corrected chi connectivity index (χ0v) is 11.9. The predicted molar refractivity (Wildman–Crippen MR) is 77.0 cm³/mol. The standard InChI is InChI=1S/C15H20N2O4/c16-12-3-1-2-11(13(12)14(18)19)10-17-6-4-15(5-7-17)20-8-9-21-15/h1-3H,4-10,16H2,(H,18,19). The van der Waals surface area contributed by atoms with Gasteiger partial charge in [-0.2, -0.15) is 0 Å². The highest BCUT2D eigenvalue weighted by atomic mass is 16.7. The number of anilines is 1. The molecule has 0 bridgehead atoms. The minimum absolute atomic E-state index is 0.214. The SMILES string of the molecule is Nc1cccc(CN2CCC3(CC2)OCCO3)c1C(=O)O. The smallest absolute Gasteiger partial charge is 0.338 e. The normalized spacial score (nSPS) is 21.7. The van der Waals surface area contributed by atoms with Gasteiger partial charge in [-0.15, -0.1) is 0 Å². The Balaban J connectivity index is 1.68. The number of piperidine rings is 1. The number of nitrogen functional groups attached to an aromatic ring is 1. The fraction of sp³-hybridized carbons (Fsp3) is 0.533. The molecule has 0 saturated carbocycles. The van der Waals surface area contributed by atoms with Crippen LogP contribution in [0.5, 0.6) is 0 Å². The summed E-state index contributed by atoms with van der Waals surface area (Å²) in [4.78, 5) is 13.6. The molecular formula is C15H20N2O4. The zero-order chi connectivity index (χ0) is 14.9. The van der Waals surface area contributed by atoms with Crippen LogP contribution >= 0.6 is 0 Å². The Morgan fingerprint density at radius 3 is 2.57 bits per heavy atom. The van der Waals surface area contributed by atoms with Gasteiger partial charge in [-0.05, 0) is 11.6 Å². The van der Waals surface area contributed by atoms with E-state index in [1.807, 2.05) is 6.07 Å². The van der Waals surface area contributed by atoms with Crippen LogP contribution in [0.15, 0.2) is 18.2 Å². The van der Waals surface area contributed by atoms with Gasteiger partial charge in [0.05, 0.1) is 18.8 Å². The molecule has 6 heteroatoms. The Kier molecular flexibility index (Phi) is 3.84. The molecule has 1 aromatic rings. The Bertz CT molecular complexity index is 530. The van der Waals surface area contributed by atoms with Gasteiger partial charge < -0.3 is 20.3 Å². The van der Waals surface area contributed by atoms with E-state index in [-0.39, 0.29) is 5.56 Å². The average molecular weight is 292 g/mol.